The molecule has 2 heteroatoms. The fraction of sp³-hybridized carbons (Fsp3) is 0.400. The average Bonchev–Trinajstić information content (AvgIpc) is 1.91. The van der Waals surface area contributed by atoms with Crippen LogP contribution in [0.5, 0.6) is 0 Å². The van der Waals surface area contributed by atoms with E-state index in [0.29, 0.717) is 0 Å². The van der Waals surface area contributed by atoms with E-state index < -0.39 is 0 Å². The minimum absolute atomic E-state index is 0. The summed E-state index contributed by atoms with van der Waals surface area (Å²) in [4.78, 5) is 0. The Bertz CT molecular complexity index is 145. The first-order chi connectivity index (χ1) is 3.30. The van der Waals surface area contributed by atoms with Crippen molar-refractivity contribution in [3.8, 4) is 0 Å². The first-order valence-corrected chi connectivity index (χ1v) is 2.18. The van der Waals surface area contributed by atoms with Crippen molar-refractivity contribution in [2.75, 3.05) is 0 Å². The third-order valence-corrected chi connectivity index (χ3v) is 0.991. The molecule has 2 nitrogen and oxygen atoms in total. The van der Waals surface area contributed by atoms with E-state index in [1.165, 1.54) is 0 Å². The van der Waals surface area contributed by atoms with E-state index in [2.05, 4.69) is 5.16 Å². The second-order valence-electron chi connectivity index (χ2n) is 1.56. The molecule has 1 aromatic heterocycles. The Labute approximate surface area is 43.6 Å². The lowest BCUT2D eigenvalue weighted by molar-refractivity contribution is 0.396. The predicted octanol–water partition coefficient (Wildman–Crippen LogP) is 1.54. The lowest BCUT2D eigenvalue weighted by atomic mass is 10.3. The zero-order chi connectivity index (χ0) is 5.28. The Morgan fingerprint density at radius 2 is 2.43 bits per heavy atom. The van der Waals surface area contributed by atoms with Crippen LogP contribution in [0.25, 0.3) is 0 Å². The van der Waals surface area contributed by atoms with E-state index in [0.717, 1.165) is 11.3 Å². The van der Waals surface area contributed by atoms with Crippen LogP contribution < -0.4 is 0 Å². The molecule has 1 aromatic rings. The van der Waals surface area contributed by atoms with Crippen molar-refractivity contribution in [2.24, 2.45) is 0 Å². The van der Waals surface area contributed by atoms with Crippen LogP contribution in [0.1, 0.15) is 12.8 Å². The number of nitrogens with zero attached hydrogens (tertiary/aromatic N) is 1. The van der Waals surface area contributed by atoms with Gasteiger partial charge >= 0.3 is 0 Å². The molecule has 0 saturated heterocycles. The molecule has 1 heterocycles. The SMILES string of the molecule is Cc1cnoc1C.[HH]. The van der Waals surface area contributed by atoms with Gasteiger partial charge in [-0.25, -0.2) is 0 Å². The van der Waals surface area contributed by atoms with Crippen molar-refractivity contribution in [2.45, 2.75) is 13.8 Å². The van der Waals surface area contributed by atoms with E-state index in [-0.39, 0.29) is 1.43 Å². The summed E-state index contributed by atoms with van der Waals surface area (Å²) >= 11 is 0. The number of rotatable bonds is 0. The molecule has 0 aliphatic carbocycles. The molecule has 0 aromatic carbocycles. The van der Waals surface area contributed by atoms with Crippen molar-refractivity contribution in [1.82, 2.24) is 5.16 Å². The molecule has 0 aliphatic rings. The molecule has 7 heavy (non-hydrogen) atoms. The first-order valence-electron chi connectivity index (χ1n) is 2.18. The highest BCUT2D eigenvalue weighted by atomic mass is 16.5. The molecule has 0 bridgehead atoms. The Hall–Kier alpha value is -0.790. The molecule has 0 spiro atoms. The van der Waals surface area contributed by atoms with Crippen LogP contribution in [0.3, 0.4) is 0 Å². The molecule has 0 unspecified atom stereocenters. The summed E-state index contributed by atoms with van der Waals surface area (Å²) in [6.45, 7) is 3.86. The van der Waals surface area contributed by atoms with Crippen LogP contribution in [0.15, 0.2) is 10.7 Å². The van der Waals surface area contributed by atoms with Crippen LogP contribution in [0.2, 0.25) is 0 Å². The van der Waals surface area contributed by atoms with Crippen LogP contribution >= 0.6 is 0 Å². The van der Waals surface area contributed by atoms with E-state index in [1.807, 2.05) is 13.8 Å². The molecule has 0 atom stereocenters. The van der Waals surface area contributed by atoms with Crippen molar-refractivity contribution in [3.05, 3.63) is 17.5 Å². The molecule has 0 fully saturated rings. The summed E-state index contributed by atoms with van der Waals surface area (Å²) in [5.41, 5.74) is 1.11. The second kappa shape index (κ2) is 1.37. The van der Waals surface area contributed by atoms with Crippen LogP contribution in [-0.2, 0) is 0 Å². The van der Waals surface area contributed by atoms with Gasteiger partial charge in [0, 0.05) is 6.99 Å². The molecule has 0 N–H and O–H groups in total. The average molecular weight is 99.1 g/mol. The Morgan fingerprint density at radius 1 is 1.71 bits per heavy atom. The highest BCUT2D eigenvalue weighted by molar-refractivity contribution is 5.07. The lowest BCUT2D eigenvalue weighted by Crippen LogP contribution is -1.63. The monoisotopic (exact) mass is 99.1 g/mol. The van der Waals surface area contributed by atoms with Gasteiger partial charge in [-0.05, 0) is 13.8 Å². The van der Waals surface area contributed by atoms with E-state index in [4.69, 9.17) is 4.52 Å². The van der Waals surface area contributed by atoms with Gasteiger partial charge < -0.3 is 4.52 Å². The third kappa shape index (κ3) is 0.633. The Kier molecular flexibility index (Phi) is 0.855. The highest BCUT2D eigenvalue weighted by Gasteiger charge is 1.91. The van der Waals surface area contributed by atoms with Crippen molar-refractivity contribution >= 4 is 0 Å². The molecule has 0 aliphatic heterocycles. The third-order valence-electron chi connectivity index (χ3n) is 0.991. The maximum absolute atomic E-state index is 4.71. The Balaban J connectivity index is 0.000000490. The quantitative estimate of drug-likeness (QED) is 0.493. The summed E-state index contributed by atoms with van der Waals surface area (Å²) in [7, 11) is 0. The van der Waals surface area contributed by atoms with Gasteiger partial charge in [0.25, 0.3) is 0 Å². The smallest absolute Gasteiger partial charge is 0.136 e. The van der Waals surface area contributed by atoms with E-state index in [9.17, 15) is 0 Å². The van der Waals surface area contributed by atoms with Crippen molar-refractivity contribution < 1.29 is 5.95 Å². The summed E-state index contributed by atoms with van der Waals surface area (Å²) in [5, 5.41) is 3.55. The molecule has 0 saturated carbocycles. The predicted molar refractivity (Wildman–Crippen MR) is 28.1 cm³/mol. The summed E-state index contributed by atoms with van der Waals surface area (Å²) in [5.74, 6) is 0.903. The van der Waals surface area contributed by atoms with Crippen molar-refractivity contribution in [1.29, 1.82) is 0 Å². The van der Waals surface area contributed by atoms with Gasteiger partial charge in [0.15, 0.2) is 0 Å². The van der Waals surface area contributed by atoms with E-state index >= 15 is 0 Å². The zero-order valence-corrected chi connectivity index (χ0v) is 4.43. The maximum Gasteiger partial charge on any atom is 0.136 e. The molecule has 1 rings (SSSR count). The molecular weight excluding hydrogens is 90.1 g/mol. The largest absolute Gasteiger partial charge is 0.361 e. The summed E-state index contributed by atoms with van der Waals surface area (Å²) in [6.07, 6.45) is 1.70. The fourth-order valence-electron chi connectivity index (χ4n) is 0.347. The van der Waals surface area contributed by atoms with Gasteiger partial charge in [-0.2, -0.15) is 0 Å². The van der Waals surface area contributed by atoms with Crippen molar-refractivity contribution in [3.63, 3.8) is 0 Å². The van der Waals surface area contributed by atoms with E-state index in [1.54, 1.807) is 6.20 Å². The minimum atomic E-state index is 0. The highest BCUT2D eigenvalue weighted by Crippen LogP contribution is 2.00. The molecule has 0 radical (unpaired) electrons. The first kappa shape index (κ1) is 4.37. The van der Waals surface area contributed by atoms with Crippen LogP contribution in [0.4, 0.5) is 0 Å². The van der Waals surface area contributed by atoms with Gasteiger partial charge in [0.1, 0.15) is 5.76 Å². The number of aryl methyl sites for hydroxylation is 2. The number of hydrogen-bond acceptors (Lipinski definition) is 2. The zero-order valence-electron chi connectivity index (χ0n) is 4.43. The minimum Gasteiger partial charge on any atom is -0.361 e. The summed E-state index contributed by atoms with van der Waals surface area (Å²) in [6, 6.07) is 0. The summed E-state index contributed by atoms with van der Waals surface area (Å²) < 4.78 is 4.71. The van der Waals surface area contributed by atoms with Crippen LogP contribution in [0, 0.1) is 13.8 Å². The molecule has 40 valence electrons. The maximum atomic E-state index is 4.71. The normalized spacial score (nSPS) is 9.43. The number of hydrogen-bond donors (Lipinski definition) is 0. The van der Waals surface area contributed by atoms with Gasteiger partial charge in [-0.1, -0.05) is 5.16 Å². The van der Waals surface area contributed by atoms with Gasteiger partial charge in [0.2, 0.25) is 0 Å². The van der Waals surface area contributed by atoms with Gasteiger partial charge in [0.05, 0.1) is 6.20 Å². The molecule has 0 amide bonds. The number of aromatic nitrogens is 1. The Morgan fingerprint density at radius 3 is 2.57 bits per heavy atom. The van der Waals surface area contributed by atoms with Crippen LogP contribution in [-0.4, -0.2) is 5.16 Å². The fourth-order valence-corrected chi connectivity index (χ4v) is 0.347. The van der Waals surface area contributed by atoms with Gasteiger partial charge in [-0.3, -0.25) is 0 Å². The lowest BCUT2D eigenvalue weighted by Gasteiger charge is -1.75. The van der Waals surface area contributed by atoms with Gasteiger partial charge in [-0.15, -0.1) is 0 Å². The second-order valence-corrected chi connectivity index (χ2v) is 1.56. The standard InChI is InChI=1S/C5H7NO.H2/c1-4-3-6-7-5(4)2;/h3H,1-2H3;1H. The topological polar surface area (TPSA) is 26.0 Å². The molecular formula is C5H9NO.